The number of anilines is 2. The first-order chi connectivity index (χ1) is 19.8. The average molecular weight is 562 g/mol. The van der Waals surface area contributed by atoms with E-state index in [4.69, 9.17) is 18.9 Å². The van der Waals surface area contributed by atoms with E-state index < -0.39 is 22.4 Å². The van der Waals surface area contributed by atoms with E-state index in [0.29, 0.717) is 40.5 Å². The molecule has 0 unspecified atom stereocenters. The maximum Gasteiger partial charge on any atom is 0.315 e. The van der Waals surface area contributed by atoms with Crippen LogP contribution in [0.4, 0.5) is 17.1 Å². The Morgan fingerprint density at radius 3 is 2.22 bits per heavy atom. The van der Waals surface area contributed by atoms with Crippen LogP contribution in [-0.4, -0.2) is 43.7 Å². The van der Waals surface area contributed by atoms with E-state index in [9.17, 15) is 20.0 Å². The fourth-order valence-corrected chi connectivity index (χ4v) is 5.50. The second-order valence-electron chi connectivity index (χ2n) is 9.70. The van der Waals surface area contributed by atoms with Gasteiger partial charge in [-0.25, -0.2) is 0 Å². The molecule has 11 heteroatoms. The molecule has 2 aliphatic rings. The van der Waals surface area contributed by atoms with Gasteiger partial charge in [-0.1, -0.05) is 12.1 Å². The highest BCUT2D eigenvalue weighted by atomic mass is 16.6. The number of benzene rings is 3. The number of hydrogen-bond acceptors (Lipinski definition) is 10. The van der Waals surface area contributed by atoms with E-state index in [1.54, 1.807) is 27.2 Å². The minimum atomic E-state index is -0.743. The van der Waals surface area contributed by atoms with Gasteiger partial charge in [0.15, 0.2) is 23.0 Å². The summed E-state index contributed by atoms with van der Waals surface area (Å²) < 4.78 is 22.1. The van der Waals surface area contributed by atoms with Crippen LogP contribution in [-0.2, 0) is 4.79 Å². The molecule has 3 aromatic rings. The van der Waals surface area contributed by atoms with Gasteiger partial charge in [0.2, 0.25) is 11.5 Å². The van der Waals surface area contributed by atoms with Gasteiger partial charge in [-0.2, -0.15) is 0 Å². The lowest BCUT2D eigenvalue weighted by Gasteiger charge is -2.30. The van der Waals surface area contributed by atoms with E-state index >= 15 is 0 Å². The lowest BCUT2D eigenvalue weighted by Crippen LogP contribution is -2.27. The number of allylic oxidation sites excluding steroid dienone is 1. The van der Waals surface area contributed by atoms with E-state index in [2.05, 4.69) is 10.6 Å². The Morgan fingerprint density at radius 1 is 0.951 bits per heavy atom. The molecule has 1 heterocycles. The summed E-state index contributed by atoms with van der Waals surface area (Å²) in [7, 11) is 4.62. The number of nitrogens with one attached hydrogen (secondary N) is 2. The molecule has 1 aliphatic heterocycles. The maximum absolute atomic E-state index is 14.0. The van der Waals surface area contributed by atoms with Crippen molar-refractivity contribution in [3.8, 4) is 28.7 Å². The smallest absolute Gasteiger partial charge is 0.315 e. The summed E-state index contributed by atoms with van der Waals surface area (Å²) in [5.41, 5.74) is 3.41. The van der Waals surface area contributed by atoms with Gasteiger partial charge in [-0.15, -0.1) is 0 Å². The minimum absolute atomic E-state index is 0.0234. The van der Waals surface area contributed by atoms with Crippen molar-refractivity contribution in [2.45, 2.75) is 31.7 Å². The highest BCUT2D eigenvalue weighted by Crippen LogP contribution is 2.48. The van der Waals surface area contributed by atoms with Gasteiger partial charge >= 0.3 is 5.69 Å². The van der Waals surface area contributed by atoms with Gasteiger partial charge in [0.05, 0.1) is 50.3 Å². The number of fused-ring (bicyclic) bond motifs is 1. The highest BCUT2D eigenvalue weighted by Gasteiger charge is 2.38. The first kappa shape index (κ1) is 27.6. The molecule has 11 nitrogen and oxygen atoms in total. The summed E-state index contributed by atoms with van der Waals surface area (Å²) in [5, 5.41) is 29.2. The number of rotatable bonds is 8. The van der Waals surface area contributed by atoms with E-state index in [0.717, 1.165) is 16.9 Å². The molecular weight excluding hydrogens is 530 g/mol. The average Bonchev–Trinajstić information content (AvgIpc) is 3.14. The molecule has 1 aliphatic carbocycles. The molecule has 3 N–H and O–H groups in total. The van der Waals surface area contributed by atoms with Crippen molar-refractivity contribution in [2.75, 3.05) is 38.6 Å². The summed E-state index contributed by atoms with van der Waals surface area (Å²) in [6.07, 6.45) is 0.664. The van der Waals surface area contributed by atoms with Crippen molar-refractivity contribution in [3.63, 3.8) is 0 Å². The van der Waals surface area contributed by atoms with Gasteiger partial charge in [0.25, 0.3) is 0 Å². The van der Waals surface area contributed by atoms with Crippen molar-refractivity contribution >= 4 is 22.8 Å². The van der Waals surface area contributed by atoms with Gasteiger partial charge in [-0.3, -0.25) is 14.9 Å². The Bertz CT molecular complexity index is 1530. The Hall–Kier alpha value is -4.93. The summed E-state index contributed by atoms with van der Waals surface area (Å²) in [5.74, 6) is 0.535. The van der Waals surface area contributed by atoms with Crippen molar-refractivity contribution in [1.82, 2.24) is 0 Å². The second kappa shape index (κ2) is 11.3. The number of methoxy groups -OCH3 is 3. The number of carbonyl (C=O) groups is 1. The third kappa shape index (κ3) is 5.06. The lowest BCUT2D eigenvalue weighted by atomic mass is 9.78. The predicted octanol–water partition coefficient (Wildman–Crippen LogP) is 5.70. The maximum atomic E-state index is 14.0. The summed E-state index contributed by atoms with van der Waals surface area (Å²) in [6.45, 7) is 1.91. The fraction of sp³-hybridized carbons (Fsp3) is 0.300. The van der Waals surface area contributed by atoms with E-state index in [-0.39, 0.29) is 30.5 Å². The fourth-order valence-electron chi connectivity index (χ4n) is 5.50. The molecule has 0 bridgehead atoms. The number of nitro benzene ring substituents is 1. The SMILES string of the molecule is CCOc1cc([C@@H]2Nc3ccccc3NC3=C2C(=O)C[C@@H](c2cc(OC)c(OC)c(OC)c2)C3)cc([N+](=O)[O-])c1O. The van der Waals surface area contributed by atoms with Crippen LogP contribution in [0.5, 0.6) is 28.7 Å². The zero-order valence-corrected chi connectivity index (χ0v) is 23.1. The van der Waals surface area contributed by atoms with Crippen LogP contribution in [0.25, 0.3) is 0 Å². The first-order valence-corrected chi connectivity index (χ1v) is 13.1. The second-order valence-corrected chi connectivity index (χ2v) is 9.70. The predicted molar refractivity (Wildman–Crippen MR) is 152 cm³/mol. The molecule has 0 spiro atoms. The van der Waals surface area contributed by atoms with Crippen molar-refractivity contribution in [1.29, 1.82) is 0 Å². The number of ketones is 1. The van der Waals surface area contributed by atoms with Crippen LogP contribution in [0.15, 0.2) is 59.8 Å². The Balaban J connectivity index is 1.65. The molecule has 2 atom stereocenters. The van der Waals surface area contributed by atoms with Crippen LogP contribution >= 0.6 is 0 Å². The van der Waals surface area contributed by atoms with Gasteiger partial charge in [0.1, 0.15) is 0 Å². The largest absolute Gasteiger partial charge is 0.500 e. The first-order valence-electron chi connectivity index (χ1n) is 13.1. The molecule has 0 fully saturated rings. The normalized spacial score (nSPS) is 17.8. The van der Waals surface area contributed by atoms with Gasteiger partial charge in [-0.05, 0) is 60.7 Å². The molecule has 0 saturated carbocycles. The standard InChI is InChI=1S/C30H31N3O8/c1-5-41-24-15-18(11-22(29(24)35)33(36)37)28-27-21(31-19-8-6-7-9-20(19)32-28)10-16(12-23(27)34)17-13-25(38-2)30(40-4)26(14-17)39-3/h6-9,11,13-16,28,31-32,35H,5,10,12H2,1-4H3/t16-,28-/m0/s1. The number of nitrogens with zero attached hydrogens (tertiary/aromatic N) is 1. The van der Waals surface area contributed by atoms with Crippen LogP contribution in [0.1, 0.15) is 42.9 Å². The molecule has 41 heavy (non-hydrogen) atoms. The van der Waals surface area contributed by atoms with Crippen LogP contribution in [0, 0.1) is 10.1 Å². The Kier molecular flexibility index (Phi) is 7.60. The molecular formula is C30H31N3O8. The topological polar surface area (TPSA) is 141 Å². The third-order valence-electron chi connectivity index (χ3n) is 7.37. The van der Waals surface area contributed by atoms with Crippen LogP contribution in [0.2, 0.25) is 0 Å². The number of Topliss-reactive ketones (excluding diaryl/α,β-unsaturated/α-hetero) is 1. The lowest BCUT2D eigenvalue weighted by molar-refractivity contribution is -0.386. The quantitative estimate of drug-likeness (QED) is 0.231. The van der Waals surface area contributed by atoms with E-state index in [1.165, 1.54) is 13.2 Å². The van der Waals surface area contributed by atoms with Gasteiger partial charge < -0.3 is 34.7 Å². The molecule has 5 rings (SSSR count). The number of phenolic OH excluding ortho intramolecular Hbond substituents is 1. The summed E-state index contributed by atoms with van der Waals surface area (Å²) in [6, 6.07) is 13.3. The number of phenols is 1. The molecule has 0 saturated heterocycles. The van der Waals surface area contributed by atoms with Crippen LogP contribution in [0.3, 0.4) is 0 Å². The highest BCUT2D eigenvalue weighted by molar-refractivity contribution is 6.01. The molecule has 0 amide bonds. The molecule has 0 aromatic heterocycles. The number of para-hydroxylation sites is 2. The monoisotopic (exact) mass is 561 g/mol. The number of nitro groups is 1. The minimum Gasteiger partial charge on any atom is -0.500 e. The van der Waals surface area contributed by atoms with Crippen molar-refractivity contribution < 1.29 is 33.8 Å². The van der Waals surface area contributed by atoms with E-state index in [1.807, 2.05) is 36.4 Å². The molecule has 0 radical (unpaired) electrons. The van der Waals surface area contributed by atoms with Crippen molar-refractivity contribution in [2.24, 2.45) is 0 Å². The zero-order valence-electron chi connectivity index (χ0n) is 23.1. The number of ether oxygens (including phenoxy) is 4. The number of hydrogen-bond donors (Lipinski definition) is 3. The summed E-state index contributed by atoms with van der Waals surface area (Å²) in [4.78, 5) is 25.2. The third-order valence-corrected chi connectivity index (χ3v) is 7.37. The Labute approximate surface area is 236 Å². The number of carbonyl (C=O) groups excluding carboxylic acids is 1. The van der Waals surface area contributed by atoms with Gasteiger partial charge in [0, 0.05) is 23.8 Å². The zero-order chi connectivity index (χ0) is 29.3. The summed E-state index contributed by atoms with van der Waals surface area (Å²) >= 11 is 0. The Morgan fingerprint density at radius 2 is 1.61 bits per heavy atom. The molecule has 3 aromatic carbocycles. The van der Waals surface area contributed by atoms with Crippen LogP contribution < -0.4 is 29.6 Å². The number of aromatic hydroxyl groups is 1. The van der Waals surface area contributed by atoms with Crippen molar-refractivity contribution in [3.05, 3.63) is 81.0 Å². The molecule has 214 valence electrons.